The maximum atomic E-state index is 11.0. The average molecular weight is 286 g/mol. The van der Waals surface area contributed by atoms with Gasteiger partial charge in [-0.1, -0.05) is 17.7 Å². The Morgan fingerprint density at radius 1 is 1.56 bits per heavy atom. The van der Waals surface area contributed by atoms with Crippen LogP contribution in [0.1, 0.15) is 18.4 Å². The molecule has 3 nitrogen and oxygen atoms in total. The normalized spacial score (nSPS) is 14.6. The summed E-state index contributed by atoms with van der Waals surface area (Å²) < 4.78 is 4.59. The number of thioether (sulfide) groups is 1. The lowest BCUT2D eigenvalue weighted by Gasteiger charge is -2.07. The molecule has 0 heterocycles. The van der Waals surface area contributed by atoms with Crippen molar-refractivity contribution >= 4 is 29.3 Å². The second-order valence-corrected chi connectivity index (χ2v) is 5.73. The molecule has 0 amide bonds. The molecule has 1 aromatic carbocycles. The number of rotatable bonds is 6. The standard InChI is InChI=1S/C13H16ClNO2S/c1-17-13(16)8-18-11-5-2-9(12(14)6-11)7-15-10-3-4-10/h2,5-6,10,15H,3-4,7-8H2,1H3. The lowest BCUT2D eigenvalue weighted by atomic mass is 10.2. The van der Waals surface area contributed by atoms with Crippen molar-refractivity contribution < 1.29 is 9.53 Å². The summed E-state index contributed by atoms with van der Waals surface area (Å²) in [6, 6.07) is 6.58. The van der Waals surface area contributed by atoms with Gasteiger partial charge in [-0.2, -0.15) is 0 Å². The summed E-state index contributed by atoms with van der Waals surface area (Å²) >= 11 is 7.65. The molecule has 0 spiro atoms. The van der Waals surface area contributed by atoms with E-state index < -0.39 is 0 Å². The fraction of sp³-hybridized carbons (Fsp3) is 0.462. The molecule has 0 unspecified atom stereocenters. The van der Waals surface area contributed by atoms with Gasteiger partial charge in [-0.05, 0) is 30.5 Å². The van der Waals surface area contributed by atoms with Gasteiger partial charge in [0.15, 0.2) is 0 Å². The molecule has 1 aliphatic rings. The highest BCUT2D eigenvalue weighted by molar-refractivity contribution is 8.00. The van der Waals surface area contributed by atoms with E-state index in [1.165, 1.54) is 31.7 Å². The molecule has 2 rings (SSSR count). The molecule has 1 aromatic rings. The van der Waals surface area contributed by atoms with Crippen LogP contribution in [0.2, 0.25) is 5.02 Å². The third-order valence-electron chi connectivity index (χ3n) is 2.77. The second kappa shape index (κ2) is 6.45. The third kappa shape index (κ3) is 4.19. The number of nitrogens with one attached hydrogen (secondary N) is 1. The number of ether oxygens (including phenoxy) is 1. The van der Waals surface area contributed by atoms with Gasteiger partial charge < -0.3 is 10.1 Å². The van der Waals surface area contributed by atoms with E-state index in [-0.39, 0.29) is 5.97 Å². The minimum atomic E-state index is -0.226. The van der Waals surface area contributed by atoms with Gasteiger partial charge in [0, 0.05) is 22.5 Å². The van der Waals surface area contributed by atoms with Crippen molar-refractivity contribution in [3.05, 3.63) is 28.8 Å². The van der Waals surface area contributed by atoms with Crippen molar-refractivity contribution in [3.63, 3.8) is 0 Å². The smallest absolute Gasteiger partial charge is 0.315 e. The molecule has 0 saturated heterocycles. The van der Waals surface area contributed by atoms with Crippen LogP contribution in [-0.4, -0.2) is 24.9 Å². The number of hydrogen-bond acceptors (Lipinski definition) is 4. The first-order valence-electron chi connectivity index (χ1n) is 5.90. The summed E-state index contributed by atoms with van der Waals surface area (Å²) in [5.74, 6) is 0.0857. The van der Waals surface area contributed by atoms with Crippen LogP contribution < -0.4 is 5.32 Å². The van der Waals surface area contributed by atoms with Gasteiger partial charge in [0.25, 0.3) is 0 Å². The van der Waals surface area contributed by atoms with E-state index in [0.717, 1.165) is 22.0 Å². The number of esters is 1. The number of methoxy groups -OCH3 is 1. The van der Waals surface area contributed by atoms with E-state index in [1.807, 2.05) is 18.2 Å². The van der Waals surface area contributed by atoms with Crippen LogP contribution in [0.25, 0.3) is 0 Å². The molecule has 1 N–H and O–H groups in total. The number of benzene rings is 1. The largest absolute Gasteiger partial charge is 0.468 e. The van der Waals surface area contributed by atoms with E-state index in [1.54, 1.807) is 0 Å². The van der Waals surface area contributed by atoms with Crippen LogP contribution in [0.5, 0.6) is 0 Å². The molecular weight excluding hydrogens is 270 g/mol. The number of hydrogen-bond donors (Lipinski definition) is 1. The minimum absolute atomic E-state index is 0.226. The fourth-order valence-corrected chi connectivity index (χ4v) is 2.58. The van der Waals surface area contributed by atoms with E-state index >= 15 is 0 Å². The topological polar surface area (TPSA) is 38.3 Å². The lowest BCUT2D eigenvalue weighted by Crippen LogP contribution is -2.15. The zero-order valence-corrected chi connectivity index (χ0v) is 11.8. The van der Waals surface area contributed by atoms with Gasteiger partial charge in [0.05, 0.1) is 12.9 Å². The Kier molecular flexibility index (Phi) is 4.92. The van der Waals surface area contributed by atoms with Crippen LogP contribution in [0.4, 0.5) is 0 Å². The van der Waals surface area contributed by atoms with E-state index in [2.05, 4.69) is 10.1 Å². The third-order valence-corrected chi connectivity index (χ3v) is 4.09. The molecule has 98 valence electrons. The maximum absolute atomic E-state index is 11.0. The quantitative estimate of drug-likeness (QED) is 0.644. The van der Waals surface area contributed by atoms with Crippen molar-refractivity contribution in [1.82, 2.24) is 5.32 Å². The average Bonchev–Trinajstić information content (AvgIpc) is 3.18. The summed E-state index contributed by atoms with van der Waals surface area (Å²) in [6.45, 7) is 0.811. The first-order valence-corrected chi connectivity index (χ1v) is 7.27. The Balaban J connectivity index is 1.88. The zero-order valence-electron chi connectivity index (χ0n) is 10.2. The summed E-state index contributed by atoms with van der Waals surface area (Å²) in [5, 5.41) is 4.18. The molecule has 18 heavy (non-hydrogen) atoms. The molecular formula is C13H16ClNO2S. The van der Waals surface area contributed by atoms with Gasteiger partial charge in [-0.15, -0.1) is 11.8 Å². The highest BCUT2D eigenvalue weighted by Crippen LogP contribution is 2.26. The van der Waals surface area contributed by atoms with Crippen LogP contribution in [0, 0.1) is 0 Å². The molecule has 0 atom stereocenters. The molecule has 1 saturated carbocycles. The first-order chi connectivity index (χ1) is 8.69. The van der Waals surface area contributed by atoms with Gasteiger partial charge in [-0.3, -0.25) is 4.79 Å². The van der Waals surface area contributed by atoms with Crippen molar-refractivity contribution in [3.8, 4) is 0 Å². The highest BCUT2D eigenvalue weighted by atomic mass is 35.5. The molecule has 0 radical (unpaired) electrons. The maximum Gasteiger partial charge on any atom is 0.315 e. The number of halogens is 1. The fourth-order valence-electron chi connectivity index (χ4n) is 1.50. The minimum Gasteiger partial charge on any atom is -0.468 e. The predicted molar refractivity (Wildman–Crippen MR) is 74.1 cm³/mol. The van der Waals surface area contributed by atoms with E-state index in [9.17, 15) is 4.79 Å². The Bertz CT molecular complexity index is 435. The summed E-state index contributed by atoms with van der Waals surface area (Å²) in [4.78, 5) is 12.0. The second-order valence-electron chi connectivity index (χ2n) is 4.27. The molecule has 5 heteroatoms. The monoisotopic (exact) mass is 285 g/mol. The molecule has 0 aromatic heterocycles. The van der Waals surface area contributed by atoms with Gasteiger partial charge >= 0.3 is 5.97 Å². The first kappa shape index (κ1) is 13.7. The Morgan fingerprint density at radius 2 is 2.33 bits per heavy atom. The number of carbonyl (C=O) groups excluding carboxylic acids is 1. The van der Waals surface area contributed by atoms with Crippen molar-refractivity contribution in [2.45, 2.75) is 30.3 Å². The van der Waals surface area contributed by atoms with Crippen LogP contribution >= 0.6 is 23.4 Å². The summed E-state index contributed by atoms with van der Waals surface area (Å²) in [5.41, 5.74) is 1.10. The summed E-state index contributed by atoms with van der Waals surface area (Å²) in [7, 11) is 1.39. The molecule has 0 aliphatic heterocycles. The highest BCUT2D eigenvalue weighted by Gasteiger charge is 2.20. The Morgan fingerprint density at radius 3 is 2.94 bits per heavy atom. The van der Waals surface area contributed by atoms with Crippen LogP contribution in [-0.2, 0) is 16.1 Å². The Labute approximate surface area is 116 Å². The van der Waals surface area contributed by atoms with Crippen LogP contribution in [0.3, 0.4) is 0 Å². The van der Waals surface area contributed by atoms with Gasteiger partial charge in [0.2, 0.25) is 0 Å². The van der Waals surface area contributed by atoms with Gasteiger partial charge in [0.1, 0.15) is 0 Å². The van der Waals surface area contributed by atoms with Gasteiger partial charge in [-0.25, -0.2) is 0 Å². The molecule has 1 fully saturated rings. The van der Waals surface area contributed by atoms with Crippen molar-refractivity contribution in [1.29, 1.82) is 0 Å². The van der Waals surface area contributed by atoms with E-state index in [4.69, 9.17) is 11.6 Å². The van der Waals surface area contributed by atoms with Crippen molar-refractivity contribution in [2.24, 2.45) is 0 Å². The summed E-state index contributed by atoms with van der Waals surface area (Å²) in [6.07, 6.45) is 2.54. The van der Waals surface area contributed by atoms with Crippen molar-refractivity contribution in [2.75, 3.05) is 12.9 Å². The Hall–Kier alpha value is -0.710. The zero-order chi connectivity index (χ0) is 13.0. The molecule has 0 bridgehead atoms. The SMILES string of the molecule is COC(=O)CSc1ccc(CNC2CC2)c(Cl)c1. The van der Waals surface area contributed by atoms with E-state index in [0.29, 0.717) is 11.8 Å². The number of carbonyl (C=O) groups is 1. The predicted octanol–water partition coefficient (Wildman–Crippen LogP) is 2.86. The lowest BCUT2D eigenvalue weighted by molar-refractivity contribution is -0.137. The van der Waals surface area contributed by atoms with Crippen LogP contribution in [0.15, 0.2) is 23.1 Å². The molecule has 1 aliphatic carbocycles.